The highest BCUT2D eigenvalue weighted by Crippen LogP contribution is 2.20. The maximum absolute atomic E-state index is 12.3. The van der Waals surface area contributed by atoms with Gasteiger partial charge in [-0.3, -0.25) is 9.69 Å². The van der Waals surface area contributed by atoms with E-state index in [-0.39, 0.29) is 37.8 Å². The first-order valence-electron chi connectivity index (χ1n) is 6.64. The van der Waals surface area contributed by atoms with Gasteiger partial charge >= 0.3 is 6.18 Å². The van der Waals surface area contributed by atoms with E-state index in [4.69, 9.17) is 0 Å². The molecule has 0 spiro atoms. The molecular weight excluding hydrogens is 285 g/mol. The number of piperazine rings is 1. The first kappa shape index (κ1) is 15.6. The highest BCUT2D eigenvalue weighted by Gasteiger charge is 2.33. The second kappa shape index (κ2) is 5.93. The highest BCUT2D eigenvalue weighted by molar-refractivity contribution is 5.95. The van der Waals surface area contributed by atoms with E-state index < -0.39 is 12.7 Å². The lowest BCUT2D eigenvalue weighted by Crippen LogP contribution is -2.51. The molecule has 1 aliphatic heterocycles. The molecule has 1 aromatic carbocycles. The summed E-state index contributed by atoms with van der Waals surface area (Å²) < 4.78 is 36.9. The fourth-order valence-electron chi connectivity index (χ4n) is 2.42. The molecule has 1 amide bonds. The fraction of sp³-hybridized carbons (Fsp3) is 0.500. The topological polar surface area (TPSA) is 43.8 Å². The van der Waals surface area contributed by atoms with Crippen molar-refractivity contribution in [2.75, 3.05) is 32.7 Å². The lowest BCUT2D eigenvalue weighted by atomic mass is 10.1. The zero-order chi connectivity index (χ0) is 15.6. The van der Waals surface area contributed by atoms with Crippen molar-refractivity contribution >= 4 is 5.91 Å². The van der Waals surface area contributed by atoms with Crippen molar-refractivity contribution in [3.63, 3.8) is 0 Å². The van der Waals surface area contributed by atoms with Crippen LogP contribution in [0, 0.1) is 6.92 Å². The Morgan fingerprint density at radius 1 is 1.24 bits per heavy atom. The van der Waals surface area contributed by atoms with Crippen molar-refractivity contribution in [3.05, 3.63) is 29.3 Å². The van der Waals surface area contributed by atoms with Gasteiger partial charge in [-0.05, 0) is 30.7 Å². The molecular formula is C14H17F3N2O2. The van der Waals surface area contributed by atoms with Gasteiger partial charge in [-0.2, -0.15) is 13.2 Å². The average molecular weight is 302 g/mol. The predicted octanol–water partition coefficient (Wildman–Crippen LogP) is 2.02. The average Bonchev–Trinajstić information content (AvgIpc) is 2.37. The summed E-state index contributed by atoms with van der Waals surface area (Å²) in [5, 5.41) is 9.33. The quantitative estimate of drug-likeness (QED) is 0.909. The SMILES string of the molecule is Cc1cc(O)ccc1C(=O)N1CCN(CC(F)(F)F)CC1. The van der Waals surface area contributed by atoms with E-state index in [1.54, 1.807) is 11.8 Å². The number of phenols is 1. The number of hydrogen-bond donors (Lipinski definition) is 1. The number of benzene rings is 1. The number of rotatable bonds is 2. The van der Waals surface area contributed by atoms with Crippen LogP contribution in [0.1, 0.15) is 15.9 Å². The van der Waals surface area contributed by atoms with Gasteiger partial charge in [-0.1, -0.05) is 0 Å². The zero-order valence-corrected chi connectivity index (χ0v) is 11.7. The van der Waals surface area contributed by atoms with Crippen LogP contribution in [0.5, 0.6) is 5.75 Å². The first-order valence-corrected chi connectivity index (χ1v) is 6.64. The molecule has 0 saturated carbocycles. The van der Waals surface area contributed by atoms with Crippen molar-refractivity contribution in [2.24, 2.45) is 0 Å². The molecule has 1 heterocycles. The summed E-state index contributed by atoms with van der Waals surface area (Å²) in [6, 6.07) is 4.46. The van der Waals surface area contributed by atoms with Crippen molar-refractivity contribution in [2.45, 2.75) is 13.1 Å². The number of amides is 1. The normalized spacial score (nSPS) is 17.0. The van der Waals surface area contributed by atoms with Crippen LogP contribution in [0.15, 0.2) is 18.2 Å². The Bertz CT molecular complexity index is 523. The van der Waals surface area contributed by atoms with Gasteiger partial charge in [0.25, 0.3) is 5.91 Å². The molecule has 7 heteroatoms. The van der Waals surface area contributed by atoms with E-state index in [1.807, 2.05) is 0 Å². The molecule has 1 aliphatic rings. The molecule has 1 saturated heterocycles. The molecule has 21 heavy (non-hydrogen) atoms. The minimum atomic E-state index is -4.21. The molecule has 0 unspecified atom stereocenters. The first-order chi connectivity index (χ1) is 9.76. The summed E-state index contributed by atoms with van der Waals surface area (Å²) in [4.78, 5) is 15.2. The number of halogens is 3. The number of nitrogens with zero attached hydrogens (tertiary/aromatic N) is 2. The zero-order valence-electron chi connectivity index (χ0n) is 11.7. The molecule has 1 aromatic rings. The number of carbonyl (C=O) groups is 1. The third kappa shape index (κ3) is 4.10. The van der Waals surface area contributed by atoms with Crippen LogP contribution in [0.3, 0.4) is 0 Å². The Labute approximate surface area is 120 Å². The standard InChI is InChI=1S/C14H17F3N2O2/c1-10-8-11(20)2-3-12(10)13(21)19-6-4-18(5-7-19)9-14(15,16)17/h2-3,8,20H,4-7,9H2,1H3. The molecule has 116 valence electrons. The summed E-state index contributed by atoms with van der Waals surface area (Å²) in [6.07, 6.45) is -4.21. The Morgan fingerprint density at radius 3 is 2.38 bits per heavy atom. The molecule has 4 nitrogen and oxygen atoms in total. The van der Waals surface area contributed by atoms with Crippen LogP contribution in [0.4, 0.5) is 13.2 Å². The monoisotopic (exact) mass is 302 g/mol. The van der Waals surface area contributed by atoms with E-state index in [0.29, 0.717) is 11.1 Å². The molecule has 0 aliphatic carbocycles. The number of alkyl halides is 3. The van der Waals surface area contributed by atoms with Gasteiger partial charge in [0.15, 0.2) is 0 Å². The largest absolute Gasteiger partial charge is 0.508 e. The third-order valence-corrected chi connectivity index (χ3v) is 3.50. The fourth-order valence-corrected chi connectivity index (χ4v) is 2.42. The van der Waals surface area contributed by atoms with E-state index >= 15 is 0 Å². The van der Waals surface area contributed by atoms with Crippen molar-refractivity contribution in [3.8, 4) is 5.75 Å². The van der Waals surface area contributed by atoms with E-state index in [0.717, 1.165) is 0 Å². The van der Waals surface area contributed by atoms with E-state index in [1.165, 1.54) is 23.1 Å². The van der Waals surface area contributed by atoms with Gasteiger partial charge in [-0.25, -0.2) is 0 Å². The summed E-state index contributed by atoms with van der Waals surface area (Å²) in [5.74, 6) is -0.127. The predicted molar refractivity (Wildman–Crippen MR) is 71.2 cm³/mol. The molecule has 0 radical (unpaired) electrons. The molecule has 0 aromatic heterocycles. The molecule has 0 atom stereocenters. The molecule has 1 fully saturated rings. The number of phenolic OH excluding ortho intramolecular Hbond substituents is 1. The smallest absolute Gasteiger partial charge is 0.401 e. The second-order valence-electron chi connectivity index (χ2n) is 5.18. The Balaban J connectivity index is 1.97. The van der Waals surface area contributed by atoms with Gasteiger partial charge in [0.1, 0.15) is 5.75 Å². The van der Waals surface area contributed by atoms with Crippen LogP contribution < -0.4 is 0 Å². The van der Waals surface area contributed by atoms with Crippen LogP contribution in [0.25, 0.3) is 0 Å². The van der Waals surface area contributed by atoms with Crippen molar-refractivity contribution in [1.29, 1.82) is 0 Å². The van der Waals surface area contributed by atoms with Crippen LogP contribution in [-0.4, -0.2) is 59.7 Å². The molecule has 2 rings (SSSR count). The number of hydrogen-bond acceptors (Lipinski definition) is 3. The minimum Gasteiger partial charge on any atom is -0.508 e. The third-order valence-electron chi connectivity index (χ3n) is 3.50. The Morgan fingerprint density at radius 2 is 1.86 bits per heavy atom. The summed E-state index contributed by atoms with van der Waals surface area (Å²) >= 11 is 0. The van der Waals surface area contributed by atoms with Crippen LogP contribution in [-0.2, 0) is 0 Å². The van der Waals surface area contributed by atoms with Crippen molar-refractivity contribution in [1.82, 2.24) is 9.80 Å². The van der Waals surface area contributed by atoms with E-state index in [2.05, 4.69) is 0 Å². The number of aromatic hydroxyl groups is 1. The van der Waals surface area contributed by atoms with Crippen molar-refractivity contribution < 1.29 is 23.1 Å². The summed E-state index contributed by atoms with van der Waals surface area (Å²) in [5.41, 5.74) is 1.12. The Hall–Kier alpha value is -1.76. The Kier molecular flexibility index (Phi) is 4.41. The lowest BCUT2D eigenvalue weighted by Gasteiger charge is -2.35. The van der Waals surface area contributed by atoms with E-state index in [9.17, 15) is 23.1 Å². The maximum atomic E-state index is 12.3. The number of aryl methyl sites for hydroxylation is 1. The summed E-state index contributed by atoms with van der Waals surface area (Å²) in [7, 11) is 0. The van der Waals surface area contributed by atoms with Gasteiger partial charge in [0, 0.05) is 31.7 Å². The second-order valence-corrected chi connectivity index (χ2v) is 5.18. The number of carbonyl (C=O) groups excluding carboxylic acids is 1. The maximum Gasteiger partial charge on any atom is 0.401 e. The van der Waals surface area contributed by atoms with Crippen LogP contribution in [0.2, 0.25) is 0 Å². The molecule has 1 N–H and O–H groups in total. The lowest BCUT2D eigenvalue weighted by molar-refractivity contribution is -0.148. The molecule has 0 bridgehead atoms. The van der Waals surface area contributed by atoms with Gasteiger partial charge < -0.3 is 10.0 Å². The van der Waals surface area contributed by atoms with Crippen LogP contribution >= 0.6 is 0 Å². The summed E-state index contributed by atoms with van der Waals surface area (Å²) in [6.45, 7) is 1.75. The van der Waals surface area contributed by atoms with Gasteiger partial charge in [0.2, 0.25) is 0 Å². The minimum absolute atomic E-state index is 0.0825. The van der Waals surface area contributed by atoms with Gasteiger partial charge in [0.05, 0.1) is 6.54 Å². The van der Waals surface area contributed by atoms with Gasteiger partial charge in [-0.15, -0.1) is 0 Å². The highest BCUT2D eigenvalue weighted by atomic mass is 19.4.